The molecule has 0 aliphatic carbocycles. The monoisotopic (exact) mass is 349 g/mol. The molecule has 0 spiro atoms. The first-order valence-electron chi connectivity index (χ1n) is 11.4. The third kappa shape index (κ3) is 10.1. The molecule has 0 atom stereocenters. The van der Waals surface area contributed by atoms with Crippen LogP contribution in [0.2, 0.25) is 0 Å². The average Bonchev–Trinajstić information content (AvgIpc) is 2.99. The first-order chi connectivity index (χ1) is 12.3. The van der Waals surface area contributed by atoms with Crippen LogP contribution in [0.5, 0.6) is 0 Å². The summed E-state index contributed by atoms with van der Waals surface area (Å²) in [5.41, 5.74) is 0. The first kappa shape index (κ1) is 22.3. The van der Waals surface area contributed by atoms with E-state index in [9.17, 15) is 0 Å². The third-order valence-electron chi connectivity index (χ3n) is 5.32. The highest BCUT2D eigenvalue weighted by atomic mass is 15.1. The molecule has 0 bridgehead atoms. The van der Waals surface area contributed by atoms with E-state index in [4.69, 9.17) is 0 Å². The second kappa shape index (κ2) is 15.5. The molecule has 0 aliphatic heterocycles. The number of hydrogen-bond donors (Lipinski definition) is 0. The smallest absolute Gasteiger partial charge is 0.234 e. The fourth-order valence-electron chi connectivity index (χ4n) is 3.72. The van der Waals surface area contributed by atoms with Crippen molar-refractivity contribution in [2.45, 2.75) is 130 Å². The second-order valence-electron chi connectivity index (χ2n) is 7.74. The maximum absolute atomic E-state index is 2.53. The summed E-state index contributed by atoms with van der Waals surface area (Å²) in [6.07, 6.45) is 25.3. The van der Waals surface area contributed by atoms with Crippen LogP contribution in [0.25, 0.3) is 0 Å². The Balaban J connectivity index is 2.18. The van der Waals surface area contributed by atoms with E-state index in [1.54, 1.807) is 5.82 Å². The van der Waals surface area contributed by atoms with E-state index in [0.717, 1.165) is 0 Å². The van der Waals surface area contributed by atoms with E-state index in [0.29, 0.717) is 0 Å². The molecule has 2 nitrogen and oxygen atoms in total. The van der Waals surface area contributed by atoms with Crippen molar-refractivity contribution in [2.24, 2.45) is 0 Å². The molecule has 1 aromatic heterocycles. The molecule has 0 fully saturated rings. The fourth-order valence-corrected chi connectivity index (χ4v) is 3.72. The van der Waals surface area contributed by atoms with Gasteiger partial charge >= 0.3 is 0 Å². The quantitative estimate of drug-likeness (QED) is 0.215. The van der Waals surface area contributed by atoms with Gasteiger partial charge in [-0.15, -0.1) is 0 Å². The van der Waals surface area contributed by atoms with Gasteiger partial charge in [-0.2, -0.15) is 0 Å². The molecule has 0 saturated heterocycles. The van der Waals surface area contributed by atoms with Crippen LogP contribution in [-0.2, 0) is 19.5 Å². The van der Waals surface area contributed by atoms with Crippen molar-refractivity contribution in [1.29, 1.82) is 0 Å². The molecular weight excluding hydrogens is 304 g/mol. The number of nitrogens with zero attached hydrogens (tertiary/aromatic N) is 2. The molecule has 0 aromatic carbocycles. The normalized spacial score (nSPS) is 11.3. The van der Waals surface area contributed by atoms with Gasteiger partial charge in [-0.25, -0.2) is 9.13 Å². The third-order valence-corrected chi connectivity index (χ3v) is 5.32. The van der Waals surface area contributed by atoms with E-state index in [1.165, 1.54) is 109 Å². The van der Waals surface area contributed by atoms with Gasteiger partial charge in [0.2, 0.25) is 0 Å². The van der Waals surface area contributed by atoms with Gasteiger partial charge < -0.3 is 0 Å². The lowest BCUT2D eigenvalue weighted by atomic mass is 10.1. The van der Waals surface area contributed by atoms with Crippen molar-refractivity contribution >= 4 is 0 Å². The van der Waals surface area contributed by atoms with Gasteiger partial charge in [-0.1, -0.05) is 78.6 Å². The minimum Gasteiger partial charge on any atom is -0.234 e. The predicted molar refractivity (Wildman–Crippen MR) is 110 cm³/mol. The lowest BCUT2D eigenvalue weighted by Crippen LogP contribution is -2.37. The molecule has 25 heavy (non-hydrogen) atoms. The number of aromatic nitrogens is 2. The number of hydrogen-bond acceptors (Lipinski definition) is 0. The van der Waals surface area contributed by atoms with Gasteiger partial charge in [-0.3, -0.25) is 0 Å². The Morgan fingerprint density at radius 3 is 1.84 bits per heavy atom. The SMILES string of the molecule is CCCCCCCCCCCCn1cc[n+](CCCCC)c1CCC. The molecule has 0 N–H and O–H groups in total. The maximum atomic E-state index is 2.53. The van der Waals surface area contributed by atoms with E-state index in [-0.39, 0.29) is 0 Å². The lowest BCUT2D eigenvalue weighted by Gasteiger charge is -2.05. The Labute approximate surface area is 158 Å². The highest BCUT2D eigenvalue weighted by Crippen LogP contribution is 2.11. The second-order valence-corrected chi connectivity index (χ2v) is 7.74. The molecule has 1 rings (SSSR count). The van der Waals surface area contributed by atoms with E-state index < -0.39 is 0 Å². The summed E-state index contributed by atoms with van der Waals surface area (Å²) in [4.78, 5) is 0. The number of unbranched alkanes of at least 4 members (excludes halogenated alkanes) is 11. The van der Waals surface area contributed by atoms with E-state index >= 15 is 0 Å². The van der Waals surface area contributed by atoms with Crippen LogP contribution in [0, 0.1) is 0 Å². The van der Waals surface area contributed by atoms with Crippen molar-refractivity contribution < 1.29 is 4.57 Å². The lowest BCUT2D eigenvalue weighted by molar-refractivity contribution is -0.704. The first-order valence-corrected chi connectivity index (χ1v) is 11.4. The Morgan fingerprint density at radius 2 is 1.24 bits per heavy atom. The standard InChI is InChI=1S/C23H45N2/c1-4-7-9-10-11-12-13-14-15-17-20-25-22-21-24(19-16-8-5-2)23(25)18-6-3/h21-22H,4-20H2,1-3H3/q+1. The van der Waals surface area contributed by atoms with Gasteiger partial charge in [-0.05, 0) is 32.1 Å². The summed E-state index contributed by atoms with van der Waals surface area (Å²) < 4.78 is 5.04. The zero-order chi connectivity index (χ0) is 18.2. The van der Waals surface area contributed by atoms with Crippen LogP contribution in [-0.4, -0.2) is 4.57 Å². The summed E-state index contributed by atoms with van der Waals surface area (Å²) in [7, 11) is 0. The predicted octanol–water partition coefficient (Wildman–Crippen LogP) is 6.84. The van der Waals surface area contributed by atoms with Crippen LogP contribution >= 0.6 is 0 Å². The molecule has 1 heterocycles. The van der Waals surface area contributed by atoms with Crippen LogP contribution in [0.3, 0.4) is 0 Å². The van der Waals surface area contributed by atoms with Crippen LogP contribution in [0.1, 0.15) is 116 Å². The molecule has 1 aromatic rings. The summed E-state index contributed by atoms with van der Waals surface area (Å²) in [5.74, 6) is 1.55. The van der Waals surface area contributed by atoms with E-state index in [1.807, 2.05) is 0 Å². The van der Waals surface area contributed by atoms with Crippen molar-refractivity contribution in [3.8, 4) is 0 Å². The van der Waals surface area contributed by atoms with Gasteiger partial charge in [0.15, 0.2) is 0 Å². The maximum Gasteiger partial charge on any atom is 0.256 e. The van der Waals surface area contributed by atoms with Gasteiger partial charge in [0.25, 0.3) is 5.82 Å². The number of aryl methyl sites for hydroxylation is 2. The van der Waals surface area contributed by atoms with Crippen molar-refractivity contribution in [3.05, 3.63) is 18.2 Å². The number of rotatable bonds is 17. The van der Waals surface area contributed by atoms with Crippen LogP contribution in [0.4, 0.5) is 0 Å². The molecule has 2 heteroatoms. The van der Waals surface area contributed by atoms with Crippen molar-refractivity contribution in [2.75, 3.05) is 0 Å². The Bertz CT molecular complexity index is 408. The van der Waals surface area contributed by atoms with Gasteiger partial charge in [0.05, 0.1) is 13.1 Å². The Hall–Kier alpha value is -0.790. The summed E-state index contributed by atoms with van der Waals surface area (Å²) >= 11 is 0. The highest BCUT2D eigenvalue weighted by molar-refractivity contribution is 4.84. The summed E-state index contributed by atoms with van der Waals surface area (Å²) in [6, 6.07) is 0. The topological polar surface area (TPSA) is 8.81 Å². The molecule has 146 valence electrons. The molecular formula is C23H45N2+. The molecule has 0 unspecified atom stereocenters. The molecule has 0 amide bonds. The van der Waals surface area contributed by atoms with Crippen LogP contribution in [0.15, 0.2) is 12.4 Å². The van der Waals surface area contributed by atoms with Gasteiger partial charge in [0.1, 0.15) is 12.4 Å². The molecule has 0 saturated carbocycles. The highest BCUT2D eigenvalue weighted by Gasteiger charge is 2.15. The Morgan fingerprint density at radius 1 is 0.680 bits per heavy atom. The van der Waals surface area contributed by atoms with Crippen molar-refractivity contribution in [1.82, 2.24) is 4.57 Å². The average molecular weight is 350 g/mol. The van der Waals surface area contributed by atoms with E-state index in [2.05, 4.69) is 42.3 Å². The van der Waals surface area contributed by atoms with Crippen molar-refractivity contribution in [3.63, 3.8) is 0 Å². The largest absolute Gasteiger partial charge is 0.256 e. The fraction of sp³-hybridized carbons (Fsp3) is 0.870. The molecule has 0 radical (unpaired) electrons. The van der Waals surface area contributed by atoms with Crippen LogP contribution < -0.4 is 4.57 Å². The summed E-state index contributed by atoms with van der Waals surface area (Å²) in [6.45, 7) is 9.30. The minimum atomic E-state index is 1.20. The summed E-state index contributed by atoms with van der Waals surface area (Å²) in [5, 5.41) is 0. The minimum absolute atomic E-state index is 1.20. The Kier molecular flexibility index (Phi) is 13.8. The zero-order valence-corrected chi connectivity index (χ0v) is 17.6. The van der Waals surface area contributed by atoms with Gasteiger partial charge in [0, 0.05) is 6.42 Å². The number of imidazole rings is 1. The molecule has 0 aliphatic rings. The zero-order valence-electron chi connectivity index (χ0n) is 17.6.